The molecule has 0 aromatic heterocycles. The van der Waals surface area contributed by atoms with Crippen LogP contribution in [0.1, 0.15) is 0 Å². The van der Waals surface area contributed by atoms with Gasteiger partial charge in [-0.25, -0.2) is 0 Å². The molecule has 4 rings (SSSR count). The van der Waals surface area contributed by atoms with E-state index >= 15 is 0 Å². The van der Waals surface area contributed by atoms with Gasteiger partial charge in [0.2, 0.25) is 0 Å². The number of alkyl halides is 12. The number of carbonyl (C=O) groups is 4. The van der Waals surface area contributed by atoms with E-state index in [2.05, 4.69) is 60.7 Å². The first-order chi connectivity index (χ1) is 19.7. The van der Waals surface area contributed by atoms with Gasteiger partial charge in [-0.05, 0) is 32.3 Å². The zero-order valence-corrected chi connectivity index (χ0v) is 28.4. The summed E-state index contributed by atoms with van der Waals surface area (Å²) in [5.41, 5.74) is 0. The molecule has 0 unspecified atom stereocenters. The number of aliphatic carboxylic acids is 4. The summed E-state index contributed by atoms with van der Waals surface area (Å²) in [5, 5.41) is 43.3. The Kier molecular flexibility index (Phi) is 19.2. The molecule has 4 aromatic carbocycles. The third-order valence-electron chi connectivity index (χ3n) is 4.32. The Labute approximate surface area is 285 Å². The fourth-order valence-corrected chi connectivity index (χ4v) is 2.67. The van der Waals surface area contributed by atoms with Crippen LogP contribution >= 0.6 is 0 Å². The molecular weight excluding hydrogens is 1060 g/mol. The summed E-state index contributed by atoms with van der Waals surface area (Å²) >= 11 is 0. The molecule has 46 heavy (non-hydrogen) atoms. The van der Waals surface area contributed by atoms with Crippen molar-refractivity contribution in [3.8, 4) is 0 Å². The van der Waals surface area contributed by atoms with Crippen LogP contribution in [0.25, 0.3) is 32.3 Å². The second-order valence-electron chi connectivity index (χ2n) is 7.43. The molecule has 0 aliphatic rings. The van der Waals surface area contributed by atoms with E-state index in [0.717, 1.165) is 0 Å². The molecular formula is C24H10Bi2F12O8. The van der Waals surface area contributed by atoms with Gasteiger partial charge in [0.25, 0.3) is 0 Å². The molecule has 4 aromatic rings. The second kappa shape index (κ2) is 18.8. The minimum absolute atomic E-state index is 0. The number of carbonyl (C=O) groups excluding carboxylic acids is 4. The van der Waals surface area contributed by atoms with Gasteiger partial charge in [0, 0.05) is 0 Å². The topological polar surface area (TPSA) is 161 Å². The van der Waals surface area contributed by atoms with Crippen LogP contribution in [0.5, 0.6) is 0 Å². The smallest absolute Gasteiger partial charge is 0.542 e. The molecule has 0 heterocycles. The van der Waals surface area contributed by atoms with Gasteiger partial charge >= 0.3 is 77.1 Å². The summed E-state index contributed by atoms with van der Waals surface area (Å²) < 4.78 is 126. The molecule has 0 fully saturated rings. The summed E-state index contributed by atoms with van der Waals surface area (Å²) in [6.45, 7) is 0. The Bertz CT molecular complexity index is 1360. The minimum atomic E-state index is -5.19. The Balaban J connectivity index is -0.000000537. The van der Waals surface area contributed by atoms with Crippen molar-refractivity contribution in [2.75, 3.05) is 0 Å². The van der Waals surface area contributed by atoms with Crippen LogP contribution in [0.2, 0.25) is 0 Å². The Morgan fingerprint density at radius 2 is 0.500 bits per heavy atom. The fraction of sp³-hybridized carbons (Fsp3) is 0.167. The second-order valence-corrected chi connectivity index (χ2v) is 7.43. The van der Waals surface area contributed by atoms with Crippen LogP contribution in [-0.2, 0) is 19.2 Å². The molecule has 0 aliphatic heterocycles. The van der Waals surface area contributed by atoms with Crippen LogP contribution in [-0.4, -0.2) is 101 Å². The summed E-state index contributed by atoms with van der Waals surface area (Å²) in [4.78, 5) is 35.1. The maximum atomic E-state index is 10.5. The fourth-order valence-electron chi connectivity index (χ4n) is 2.67. The minimum Gasteiger partial charge on any atom is -0.542 e. The largest absolute Gasteiger partial charge is 2.00 e. The first-order valence-corrected chi connectivity index (χ1v) is 10.5. The van der Waals surface area contributed by atoms with Crippen molar-refractivity contribution in [1.82, 2.24) is 0 Å². The quantitative estimate of drug-likeness (QED) is 0.144. The summed E-state index contributed by atoms with van der Waals surface area (Å²) in [7, 11) is 0. The normalized spacial score (nSPS) is 11.0. The Hall–Kier alpha value is -3.27. The molecule has 0 aliphatic carbocycles. The maximum absolute atomic E-state index is 10.5. The van der Waals surface area contributed by atoms with Gasteiger partial charge in [-0.1, -0.05) is 60.7 Å². The van der Waals surface area contributed by atoms with Crippen molar-refractivity contribution in [2.24, 2.45) is 0 Å². The number of rotatable bonds is 0. The molecule has 0 atom stereocenters. The van der Waals surface area contributed by atoms with Crippen LogP contribution in [0.15, 0.2) is 60.7 Å². The van der Waals surface area contributed by atoms with Gasteiger partial charge < -0.3 is 39.6 Å². The average molecular weight is 1070 g/mol. The van der Waals surface area contributed by atoms with E-state index in [9.17, 15) is 52.7 Å². The first kappa shape index (κ1) is 47.1. The van der Waals surface area contributed by atoms with E-state index in [1.54, 1.807) is 0 Å². The van der Waals surface area contributed by atoms with Crippen LogP contribution in [0.4, 0.5) is 52.7 Å². The molecule has 22 heteroatoms. The molecule has 0 spiro atoms. The third kappa shape index (κ3) is 16.3. The monoisotopic (exact) mass is 1070 g/mol. The van der Waals surface area contributed by atoms with Crippen molar-refractivity contribution in [1.29, 1.82) is 0 Å². The van der Waals surface area contributed by atoms with E-state index in [-0.39, 0.29) is 52.4 Å². The van der Waals surface area contributed by atoms with Gasteiger partial charge in [0.15, 0.2) is 0 Å². The van der Waals surface area contributed by atoms with Crippen LogP contribution in [0.3, 0.4) is 0 Å². The Morgan fingerprint density at radius 1 is 0.370 bits per heavy atom. The van der Waals surface area contributed by atoms with Gasteiger partial charge in [-0.2, -0.15) is 52.7 Å². The molecule has 0 saturated carbocycles. The number of hydrogen-bond acceptors (Lipinski definition) is 8. The van der Waals surface area contributed by atoms with Crippen molar-refractivity contribution in [2.45, 2.75) is 24.7 Å². The van der Waals surface area contributed by atoms with Crippen molar-refractivity contribution in [3.05, 3.63) is 60.7 Å². The standard InChI is InChI=1S/C16H10.4C2HF3O2.2Bi/c1-3-11-7-9-13-5-2-6-14-10-8-12(4-1)15(11)16(13)14;4*3-2(4,5)1(6)7;;/h1-10H;4*(H,6,7);;/q;;;;;2*+2/p-4. The molecule has 8 nitrogen and oxygen atoms in total. The maximum Gasteiger partial charge on any atom is 2.00 e. The number of halogens is 12. The molecule has 6 radical (unpaired) electrons. The van der Waals surface area contributed by atoms with Gasteiger partial charge in [0.05, 0.1) is 0 Å². The first-order valence-electron chi connectivity index (χ1n) is 10.5. The molecule has 0 N–H and O–H groups in total. The van der Waals surface area contributed by atoms with E-state index < -0.39 is 48.6 Å². The summed E-state index contributed by atoms with van der Waals surface area (Å²) in [6, 6.07) is 21.9. The van der Waals surface area contributed by atoms with Crippen LogP contribution < -0.4 is 20.4 Å². The number of carboxylic acids is 4. The van der Waals surface area contributed by atoms with E-state index in [1.807, 2.05) is 0 Å². The van der Waals surface area contributed by atoms with Gasteiger partial charge in [0.1, 0.15) is 23.9 Å². The molecule has 248 valence electrons. The predicted octanol–water partition coefficient (Wildman–Crippen LogP) is 1.02. The molecule has 0 bridgehead atoms. The van der Waals surface area contributed by atoms with Crippen molar-refractivity contribution >= 4 is 109 Å². The van der Waals surface area contributed by atoms with Crippen LogP contribution in [0, 0.1) is 0 Å². The summed E-state index contributed by atoms with van der Waals surface area (Å²) in [5.74, 6) is -12.0. The third-order valence-corrected chi connectivity index (χ3v) is 4.32. The SMILES string of the molecule is O=C([O-])C(F)(F)F.O=C([O-])C(F)(F)F.O=C([O-])C(F)(F)F.O=C([O-])C(F)(F)F.[Bi+2].[Bi+2].c1cc2ccc3cccc4ccc(c1)c2c34. The number of benzene rings is 4. The van der Waals surface area contributed by atoms with Gasteiger partial charge in [-0.3, -0.25) is 0 Å². The number of hydrogen-bond donors (Lipinski definition) is 0. The number of carboxylic acid groups (broad SMARTS) is 4. The zero-order valence-electron chi connectivity index (χ0n) is 21.5. The van der Waals surface area contributed by atoms with E-state index in [1.165, 1.54) is 32.3 Å². The Morgan fingerprint density at radius 3 is 0.609 bits per heavy atom. The zero-order chi connectivity index (χ0) is 34.8. The average Bonchev–Trinajstić information content (AvgIpc) is 2.86. The molecule has 0 saturated heterocycles. The van der Waals surface area contributed by atoms with Crippen molar-refractivity contribution in [3.63, 3.8) is 0 Å². The van der Waals surface area contributed by atoms with Crippen molar-refractivity contribution < 1.29 is 92.3 Å². The summed E-state index contributed by atoms with van der Waals surface area (Å²) in [6.07, 6.45) is -20.8. The molecule has 0 amide bonds. The van der Waals surface area contributed by atoms with E-state index in [4.69, 9.17) is 39.6 Å². The van der Waals surface area contributed by atoms with E-state index in [0.29, 0.717) is 0 Å². The predicted molar refractivity (Wildman–Crippen MR) is 126 cm³/mol. The van der Waals surface area contributed by atoms with Gasteiger partial charge in [-0.15, -0.1) is 0 Å².